The number of nitrogens with zero attached hydrogens (tertiary/aromatic N) is 2. The zero-order valence-electron chi connectivity index (χ0n) is 12.2. The number of pyridine rings is 1. The van der Waals surface area contributed by atoms with Crippen LogP contribution in [0.1, 0.15) is 11.1 Å². The molecule has 2 N–H and O–H groups in total. The lowest BCUT2D eigenvalue weighted by Crippen LogP contribution is -2.30. The minimum absolute atomic E-state index is 0.124. The predicted octanol–water partition coefficient (Wildman–Crippen LogP) is 1.62. The summed E-state index contributed by atoms with van der Waals surface area (Å²) in [6.07, 6.45) is 1.54. The number of benzene rings is 1. The van der Waals surface area contributed by atoms with Gasteiger partial charge in [-0.3, -0.25) is 0 Å². The van der Waals surface area contributed by atoms with Crippen LogP contribution in [0.3, 0.4) is 0 Å². The van der Waals surface area contributed by atoms with E-state index in [1.807, 2.05) is 6.07 Å². The van der Waals surface area contributed by atoms with E-state index in [2.05, 4.69) is 15.0 Å². The number of aromatic nitrogens is 1. The molecular weight excluding hydrogens is 319 g/mol. The minimum atomic E-state index is -3.56. The van der Waals surface area contributed by atoms with Crippen LogP contribution in [0.15, 0.2) is 42.6 Å². The van der Waals surface area contributed by atoms with Gasteiger partial charge in [-0.25, -0.2) is 22.5 Å². The molecule has 120 valence electrons. The summed E-state index contributed by atoms with van der Waals surface area (Å²) in [5, 5.41) is 11.8. The Labute approximate surface area is 134 Å². The normalized spacial score (nSPS) is 11.0. The van der Waals surface area contributed by atoms with Gasteiger partial charge in [-0.2, -0.15) is 5.26 Å². The Balaban J connectivity index is 1.84. The van der Waals surface area contributed by atoms with E-state index in [0.29, 0.717) is 16.9 Å². The summed E-state index contributed by atoms with van der Waals surface area (Å²) < 4.78 is 39.3. The second-order valence-corrected chi connectivity index (χ2v) is 6.53. The molecule has 0 unspecified atom stereocenters. The van der Waals surface area contributed by atoms with Gasteiger partial charge in [0, 0.05) is 19.3 Å². The molecule has 1 aromatic heterocycles. The van der Waals surface area contributed by atoms with Crippen molar-refractivity contribution in [2.24, 2.45) is 0 Å². The first-order valence-electron chi connectivity index (χ1n) is 6.81. The molecule has 2 aromatic rings. The minimum Gasteiger partial charge on any atom is -0.368 e. The van der Waals surface area contributed by atoms with Gasteiger partial charge in [-0.1, -0.05) is 12.1 Å². The van der Waals surface area contributed by atoms with Crippen LogP contribution < -0.4 is 10.0 Å². The molecule has 0 fully saturated rings. The number of anilines is 1. The standard InChI is InChI=1S/C15H15FN4O2S/c16-14-5-1-3-12(9-14)11-23(21,22)20-8-7-19-15-13(10-17)4-2-6-18-15/h1-6,9,20H,7-8,11H2,(H,18,19). The van der Waals surface area contributed by atoms with Crippen LogP contribution in [0.25, 0.3) is 0 Å². The van der Waals surface area contributed by atoms with Crippen LogP contribution in [0.5, 0.6) is 0 Å². The van der Waals surface area contributed by atoms with Crippen LogP contribution in [0, 0.1) is 17.1 Å². The summed E-state index contributed by atoms with van der Waals surface area (Å²) in [5.74, 6) is -0.365. The van der Waals surface area contributed by atoms with Gasteiger partial charge in [0.1, 0.15) is 17.7 Å². The van der Waals surface area contributed by atoms with Crippen LogP contribution in [0.2, 0.25) is 0 Å². The van der Waals surface area contributed by atoms with Crippen molar-refractivity contribution in [1.82, 2.24) is 9.71 Å². The largest absolute Gasteiger partial charge is 0.368 e. The molecule has 23 heavy (non-hydrogen) atoms. The summed E-state index contributed by atoms with van der Waals surface area (Å²) in [4.78, 5) is 4.01. The molecule has 0 aliphatic carbocycles. The third-order valence-corrected chi connectivity index (χ3v) is 4.27. The number of nitrogens with one attached hydrogen (secondary N) is 2. The Morgan fingerprint density at radius 3 is 2.78 bits per heavy atom. The molecule has 1 aromatic carbocycles. The van der Waals surface area contributed by atoms with Crippen LogP contribution in [-0.4, -0.2) is 26.5 Å². The Kier molecular flexibility index (Phi) is 5.62. The number of hydrogen-bond donors (Lipinski definition) is 2. The van der Waals surface area contributed by atoms with Gasteiger partial charge >= 0.3 is 0 Å². The van der Waals surface area contributed by atoms with Gasteiger partial charge in [-0.15, -0.1) is 0 Å². The van der Waals surface area contributed by atoms with E-state index >= 15 is 0 Å². The summed E-state index contributed by atoms with van der Waals surface area (Å²) in [6, 6.07) is 10.7. The summed E-state index contributed by atoms with van der Waals surface area (Å²) in [5.41, 5.74) is 0.761. The molecule has 0 saturated carbocycles. The van der Waals surface area contributed by atoms with E-state index in [4.69, 9.17) is 5.26 Å². The van der Waals surface area contributed by atoms with Gasteiger partial charge in [0.2, 0.25) is 10.0 Å². The van der Waals surface area contributed by atoms with Crippen molar-refractivity contribution >= 4 is 15.8 Å². The van der Waals surface area contributed by atoms with E-state index in [1.54, 1.807) is 18.2 Å². The maximum Gasteiger partial charge on any atom is 0.215 e. The molecule has 0 atom stereocenters. The second kappa shape index (κ2) is 7.67. The molecule has 0 aliphatic rings. The predicted molar refractivity (Wildman–Crippen MR) is 84.5 cm³/mol. The molecule has 0 saturated heterocycles. The molecule has 0 spiro atoms. The maximum atomic E-state index is 13.0. The van der Waals surface area contributed by atoms with Gasteiger partial charge < -0.3 is 5.32 Å². The third kappa shape index (κ3) is 5.32. The molecule has 0 amide bonds. The molecule has 8 heteroatoms. The van der Waals surface area contributed by atoms with E-state index in [0.717, 1.165) is 0 Å². The Hall–Kier alpha value is -2.50. The highest BCUT2D eigenvalue weighted by Gasteiger charge is 2.11. The Bertz CT molecular complexity index is 818. The lowest BCUT2D eigenvalue weighted by atomic mass is 10.2. The first-order valence-corrected chi connectivity index (χ1v) is 8.46. The average molecular weight is 334 g/mol. The number of nitriles is 1. The first kappa shape index (κ1) is 16.9. The molecule has 1 heterocycles. The molecule has 0 aliphatic heterocycles. The average Bonchev–Trinajstić information content (AvgIpc) is 2.51. The SMILES string of the molecule is N#Cc1cccnc1NCCNS(=O)(=O)Cc1cccc(F)c1. The second-order valence-electron chi connectivity index (χ2n) is 4.72. The highest BCUT2D eigenvalue weighted by molar-refractivity contribution is 7.88. The van der Waals surface area contributed by atoms with Gasteiger partial charge in [-0.05, 0) is 29.8 Å². The van der Waals surface area contributed by atoms with Crippen molar-refractivity contribution in [3.8, 4) is 6.07 Å². The number of halogens is 1. The summed E-state index contributed by atoms with van der Waals surface area (Å²) in [7, 11) is -3.56. The van der Waals surface area contributed by atoms with Crippen molar-refractivity contribution in [3.63, 3.8) is 0 Å². The fourth-order valence-corrected chi connectivity index (χ4v) is 3.05. The topological polar surface area (TPSA) is 94.9 Å². The van der Waals surface area contributed by atoms with E-state index < -0.39 is 15.8 Å². The lowest BCUT2D eigenvalue weighted by molar-refractivity contribution is 0.581. The fraction of sp³-hybridized carbons (Fsp3) is 0.200. The van der Waals surface area contributed by atoms with Gasteiger partial charge in [0.25, 0.3) is 0 Å². The fourth-order valence-electron chi connectivity index (χ4n) is 1.92. The highest BCUT2D eigenvalue weighted by Crippen LogP contribution is 2.09. The van der Waals surface area contributed by atoms with E-state index in [9.17, 15) is 12.8 Å². The van der Waals surface area contributed by atoms with Crippen LogP contribution in [-0.2, 0) is 15.8 Å². The molecule has 0 bridgehead atoms. The monoisotopic (exact) mass is 334 g/mol. The van der Waals surface area contributed by atoms with Gasteiger partial charge in [0.05, 0.1) is 11.3 Å². The Morgan fingerprint density at radius 1 is 1.22 bits per heavy atom. The van der Waals surface area contributed by atoms with Crippen LogP contribution in [0.4, 0.5) is 10.2 Å². The van der Waals surface area contributed by atoms with Crippen molar-refractivity contribution in [2.45, 2.75) is 5.75 Å². The van der Waals surface area contributed by atoms with E-state index in [1.165, 1.54) is 24.4 Å². The highest BCUT2D eigenvalue weighted by atomic mass is 32.2. The van der Waals surface area contributed by atoms with Crippen molar-refractivity contribution < 1.29 is 12.8 Å². The summed E-state index contributed by atoms with van der Waals surface area (Å²) in [6.45, 7) is 0.396. The molecule has 0 radical (unpaired) electrons. The number of rotatable bonds is 7. The third-order valence-electron chi connectivity index (χ3n) is 2.91. The Morgan fingerprint density at radius 2 is 2.04 bits per heavy atom. The van der Waals surface area contributed by atoms with Crippen molar-refractivity contribution in [1.29, 1.82) is 5.26 Å². The quantitative estimate of drug-likeness (QED) is 0.750. The smallest absolute Gasteiger partial charge is 0.215 e. The first-order chi connectivity index (χ1) is 11.0. The zero-order chi connectivity index (χ0) is 16.7. The number of sulfonamides is 1. The van der Waals surface area contributed by atoms with E-state index in [-0.39, 0.29) is 18.8 Å². The van der Waals surface area contributed by atoms with Crippen molar-refractivity contribution in [2.75, 3.05) is 18.4 Å². The maximum absolute atomic E-state index is 13.0. The summed E-state index contributed by atoms with van der Waals surface area (Å²) >= 11 is 0. The molecule has 2 rings (SSSR count). The molecular formula is C15H15FN4O2S. The van der Waals surface area contributed by atoms with Gasteiger partial charge in [0.15, 0.2) is 0 Å². The molecule has 6 nitrogen and oxygen atoms in total. The lowest BCUT2D eigenvalue weighted by Gasteiger charge is -2.09. The number of hydrogen-bond acceptors (Lipinski definition) is 5. The zero-order valence-corrected chi connectivity index (χ0v) is 13.0. The van der Waals surface area contributed by atoms with Crippen molar-refractivity contribution in [3.05, 3.63) is 59.5 Å². The van der Waals surface area contributed by atoms with Crippen LogP contribution >= 0.6 is 0 Å².